The first-order valence-electron chi connectivity index (χ1n) is 14.8. The molecule has 0 aliphatic rings. The number of aliphatic imine (C=N–C) groups is 1. The Morgan fingerprint density at radius 1 is 0.911 bits per heavy atom. The molecule has 0 saturated heterocycles. The Hall–Kier alpha value is -4.28. The molecule has 1 heterocycles. The minimum absolute atomic E-state index is 0.0440. The van der Waals surface area contributed by atoms with Crippen LogP contribution in [-0.4, -0.2) is 88.6 Å². The Balaban J connectivity index is 2.26. The Morgan fingerprint density at radius 3 is 2.09 bits per heavy atom. The molecule has 1 aromatic carbocycles. The van der Waals surface area contributed by atoms with Crippen LogP contribution >= 0.6 is 12.2 Å². The Morgan fingerprint density at radius 2 is 1.51 bits per heavy atom. The maximum atomic E-state index is 13.7. The number of unbranched alkanes of at least 4 members (excludes halogenated alkanes) is 1. The summed E-state index contributed by atoms with van der Waals surface area (Å²) in [4.78, 5) is 59.3. The molecule has 15 nitrogen and oxygen atoms in total. The summed E-state index contributed by atoms with van der Waals surface area (Å²) >= 11 is 5.26. The first-order chi connectivity index (χ1) is 21.5. The van der Waals surface area contributed by atoms with Gasteiger partial charge < -0.3 is 53.1 Å². The van der Waals surface area contributed by atoms with Crippen molar-refractivity contribution in [2.24, 2.45) is 29.2 Å². The molecule has 16 heteroatoms. The summed E-state index contributed by atoms with van der Waals surface area (Å²) in [6.45, 7) is 0.717. The van der Waals surface area contributed by atoms with E-state index in [4.69, 9.17) is 29.4 Å². The Labute approximate surface area is 267 Å². The average molecular weight is 647 g/mol. The van der Waals surface area contributed by atoms with Crippen LogP contribution in [0.2, 0.25) is 0 Å². The van der Waals surface area contributed by atoms with Gasteiger partial charge in [0.1, 0.15) is 18.1 Å². The van der Waals surface area contributed by atoms with E-state index in [1.165, 1.54) is 0 Å². The lowest BCUT2D eigenvalue weighted by Gasteiger charge is -2.26. The second-order valence-corrected chi connectivity index (χ2v) is 11.0. The van der Waals surface area contributed by atoms with Crippen molar-refractivity contribution in [3.8, 4) is 0 Å². The lowest BCUT2D eigenvalue weighted by atomic mass is 10.0. The van der Waals surface area contributed by atoms with Gasteiger partial charge in [0.25, 0.3) is 0 Å². The van der Waals surface area contributed by atoms with Crippen molar-refractivity contribution in [2.75, 3.05) is 20.1 Å². The highest BCUT2D eigenvalue weighted by Gasteiger charge is 2.31. The third-order valence-electron chi connectivity index (χ3n) is 7.23. The smallest absolute Gasteiger partial charge is 0.326 e. The number of imidazole rings is 1. The lowest BCUT2D eigenvalue weighted by molar-refractivity contribution is -0.142. The number of nitrogens with one attached hydrogen (secondary N) is 5. The molecule has 45 heavy (non-hydrogen) atoms. The van der Waals surface area contributed by atoms with Crippen LogP contribution in [-0.2, 0) is 39.1 Å². The van der Waals surface area contributed by atoms with Crippen molar-refractivity contribution in [2.45, 2.75) is 69.1 Å². The van der Waals surface area contributed by atoms with Gasteiger partial charge in [-0.25, -0.2) is 4.79 Å². The van der Waals surface area contributed by atoms with Gasteiger partial charge in [0.05, 0.1) is 6.04 Å². The minimum Gasteiger partial charge on any atom is -0.480 e. The van der Waals surface area contributed by atoms with Crippen LogP contribution in [0.3, 0.4) is 0 Å². The zero-order valence-electron chi connectivity index (χ0n) is 25.8. The van der Waals surface area contributed by atoms with E-state index >= 15 is 0 Å². The molecule has 0 radical (unpaired) electrons. The molecule has 4 unspecified atom stereocenters. The number of nitrogens with two attached hydrogens (primary N) is 3. The number of carbonyl (C=O) groups is 4. The van der Waals surface area contributed by atoms with Gasteiger partial charge in [0, 0.05) is 38.3 Å². The van der Waals surface area contributed by atoms with E-state index in [0.717, 1.165) is 5.56 Å². The molecule has 0 bridgehead atoms. The zero-order valence-corrected chi connectivity index (χ0v) is 26.6. The highest BCUT2D eigenvalue weighted by Crippen LogP contribution is 2.09. The fourth-order valence-electron chi connectivity index (χ4n) is 4.62. The fourth-order valence-corrected chi connectivity index (χ4v) is 4.80. The van der Waals surface area contributed by atoms with Crippen LogP contribution in [0.4, 0.5) is 0 Å². The summed E-state index contributed by atoms with van der Waals surface area (Å²) in [5, 5.41) is 20.9. The molecular weight excluding hydrogens is 600 g/mol. The molecule has 3 amide bonds. The monoisotopic (exact) mass is 646 g/mol. The van der Waals surface area contributed by atoms with Crippen LogP contribution < -0.4 is 38.5 Å². The van der Waals surface area contributed by atoms with E-state index in [9.17, 15) is 24.3 Å². The van der Waals surface area contributed by atoms with Crippen LogP contribution in [0, 0.1) is 4.77 Å². The predicted octanol–water partition coefficient (Wildman–Crippen LogP) is -0.823. The second-order valence-electron chi connectivity index (χ2n) is 10.6. The normalized spacial score (nSPS) is 13.6. The third-order valence-corrected chi connectivity index (χ3v) is 7.62. The van der Waals surface area contributed by atoms with E-state index in [1.807, 2.05) is 6.07 Å². The summed E-state index contributed by atoms with van der Waals surface area (Å²) in [5.74, 6) is -2.95. The standard InChI is InChI=1S/C29H46N10O5S/c1-33-20(12-8-14-34-28(31)32)24(40)37-22(16-19-17-35-29(45)39(19)2)26(42)36-21(11-6-7-13-30)25(41)38-23(27(43)44)15-18-9-4-3-5-10-18/h3-5,9-10,17,20-23,33H,6-8,11-16,30H2,1-2H3,(H,35,45)(H,36,42)(H,37,40)(H,38,41)(H,43,44)(H4,31,32,34). The molecule has 0 saturated carbocycles. The molecule has 0 aliphatic carbocycles. The van der Waals surface area contributed by atoms with Gasteiger partial charge >= 0.3 is 5.97 Å². The van der Waals surface area contributed by atoms with Gasteiger partial charge in [-0.1, -0.05) is 30.3 Å². The first-order valence-corrected chi connectivity index (χ1v) is 15.2. The summed E-state index contributed by atoms with van der Waals surface area (Å²) in [6, 6.07) is 4.87. The molecule has 0 spiro atoms. The van der Waals surface area contributed by atoms with Crippen LogP contribution in [0.1, 0.15) is 43.4 Å². The maximum Gasteiger partial charge on any atom is 0.326 e. The maximum absolute atomic E-state index is 13.7. The van der Waals surface area contributed by atoms with Gasteiger partial charge in [-0.3, -0.25) is 19.4 Å². The van der Waals surface area contributed by atoms with Gasteiger partial charge in [-0.05, 0) is 63.5 Å². The number of carbonyl (C=O) groups excluding carboxylic acids is 3. The summed E-state index contributed by atoms with van der Waals surface area (Å²) < 4.78 is 2.11. The summed E-state index contributed by atoms with van der Waals surface area (Å²) in [6.07, 6.45) is 3.99. The molecular formula is C29H46N10O5S. The van der Waals surface area contributed by atoms with Gasteiger partial charge in [0.2, 0.25) is 17.7 Å². The van der Waals surface area contributed by atoms with Crippen molar-refractivity contribution in [3.05, 3.63) is 52.6 Å². The highest BCUT2D eigenvalue weighted by molar-refractivity contribution is 7.71. The fraction of sp³-hybridized carbons (Fsp3) is 0.517. The zero-order chi connectivity index (χ0) is 33.4. The molecule has 4 atom stereocenters. The number of carboxylic acid groups (broad SMARTS) is 1. The Kier molecular flexibility index (Phi) is 15.7. The second kappa shape index (κ2) is 19.2. The predicted molar refractivity (Wildman–Crippen MR) is 174 cm³/mol. The Bertz CT molecular complexity index is 1340. The number of H-pyrrole nitrogens is 1. The molecule has 1 aromatic heterocycles. The SMILES string of the molecule is CNC(CCCN=C(N)N)C(=O)NC(Cc1c[nH]c(=S)n1C)C(=O)NC(CCCCN)C(=O)NC(Cc1ccccc1)C(=O)O. The van der Waals surface area contributed by atoms with Crippen LogP contribution in [0.5, 0.6) is 0 Å². The van der Waals surface area contributed by atoms with E-state index in [-0.39, 0.29) is 25.2 Å². The number of hydrogen-bond acceptors (Lipinski definition) is 8. The minimum atomic E-state index is -1.22. The molecule has 12 N–H and O–H groups in total. The number of guanidine groups is 1. The number of amides is 3. The molecule has 2 rings (SSSR count). The molecule has 0 aliphatic heterocycles. The van der Waals surface area contributed by atoms with E-state index in [0.29, 0.717) is 49.2 Å². The number of nitrogens with zero attached hydrogens (tertiary/aromatic N) is 2. The van der Waals surface area contributed by atoms with Gasteiger partial charge in [-0.2, -0.15) is 0 Å². The van der Waals surface area contributed by atoms with Crippen molar-refractivity contribution in [3.63, 3.8) is 0 Å². The third kappa shape index (κ3) is 12.7. The number of aliphatic carboxylic acids is 1. The number of rotatable bonds is 20. The van der Waals surface area contributed by atoms with E-state index in [2.05, 4.69) is 31.2 Å². The number of aromatic nitrogens is 2. The van der Waals surface area contributed by atoms with Crippen molar-refractivity contribution in [1.82, 2.24) is 30.8 Å². The quantitative estimate of drug-likeness (QED) is 0.0374. The van der Waals surface area contributed by atoms with E-state index in [1.54, 1.807) is 49.1 Å². The largest absolute Gasteiger partial charge is 0.480 e. The van der Waals surface area contributed by atoms with Crippen molar-refractivity contribution < 1.29 is 24.3 Å². The van der Waals surface area contributed by atoms with Crippen molar-refractivity contribution >= 4 is 41.9 Å². The number of carboxylic acids is 1. The average Bonchev–Trinajstić information content (AvgIpc) is 3.32. The van der Waals surface area contributed by atoms with Crippen molar-refractivity contribution in [1.29, 1.82) is 0 Å². The number of hydrogen-bond donors (Lipinski definition) is 9. The number of benzene rings is 1. The highest BCUT2D eigenvalue weighted by atomic mass is 32.1. The molecule has 248 valence electrons. The summed E-state index contributed by atoms with van der Waals surface area (Å²) in [7, 11) is 3.36. The number of aromatic amines is 1. The first kappa shape index (κ1) is 36.9. The summed E-state index contributed by atoms with van der Waals surface area (Å²) in [5.41, 5.74) is 17.8. The molecule has 0 fully saturated rings. The molecule has 2 aromatic rings. The van der Waals surface area contributed by atoms with Gasteiger partial charge in [0.15, 0.2) is 10.7 Å². The van der Waals surface area contributed by atoms with E-state index < -0.39 is 47.9 Å². The van der Waals surface area contributed by atoms with Gasteiger partial charge in [-0.15, -0.1) is 0 Å². The lowest BCUT2D eigenvalue weighted by Crippen LogP contribution is -2.58. The number of likely N-dealkylation sites (N-methyl/N-ethyl adjacent to an activating group) is 1. The topological polar surface area (TPSA) is 248 Å². The van der Waals surface area contributed by atoms with Crippen LogP contribution in [0.25, 0.3) is 0 Å². The van der Waals surface area contributed by atoms with Crippen LogP contribution in [0.15, 0.2) is 41.5 Å².